The molecular weight excluding hydrogens is 302 g/mol. The van der Waals surface area contributed by atoms with Crippen LogP contribution in [0.1, 0.15) is 44.2 Å². The number of fused-ring (bicyclic) bond motifs is 1. The van der Waals surface area contributed by atoms with E-state index in [-0.39, 0.29) is 17.0 Å². The van der Waals surface area contributed by atoms with Crippen LogP contribution in [0.15, 0.2) is 18.2 Å². The molecule has 0 saturated carbocycles. The minimum absolute atomic E-state index is 0. The highest BCUT2D eigenvalue weighted by molar-refractivity contribution is 5.37. The van der Waals surface area contributed by atoms with E-state index in [0.29, 0.717) is 11.8 Å². The summed E-state index contributed by atoms with van der Waals surface area (Å²) in [5, 5.41) is 9.61. The smallest absolute Gasteiger partial charge is 0.115 e. The summed E-state index contributed by atoms with van der Waals surface area (Å²) in [5.41, 5.74) is 2.78. The molecule has 0 bridgehead atoms. The normalized spacial score (nSPS) is 17.9. The van der Waals surface area contributed by atoms with Crippen molar-refractivity contribution >= 4 is 0 Å². The predicted octanol–water partition coefficient (Wildman–Crippen LogP) is 0.376. The van der Waals surface area contributed by atoms with Crippen molar-refractivity contribution in [3.63, 3.8) is 0 Å². The molecule has 0 spiro atoms. The van der Waals surface area contributed by atoms with Gasteiger partial charge in [0.05, 0.1) is 0 Å². The second kappa shape index (κ2) is 7.91. The second-order valence-corrected chi connectivity index (χ2v) is 5.39. The average molecular weight is 327 g/mol. The Labute approximate surface area is 127 Å². The number of aryl methyl sites for hydroxylation is 1. The van der Waals surface area contributed by atoms with E-state index >= 15 is 0 Å². The first-order valence-electron chi connectivity index (χ1n) is 7.29. The Morgan fingerprint density at radius 3 is 2.47 bits per heavy atom. The third-order valence-electron chi connectivity index (χ3n) is 3.93. The van der Waals surface area contributed by atoms with Crippen LogP contribution in [-0.2, 0) is 12.8 Å². The topological polar surface area (TPSA) is 23.5 Å². The van der Waals surface area contributed by atoms with Gasteiger partial charge in [0.15, 0.2) is 0 Å². The zero-order valence-corrected chi connectivity index (χ0v) is 13.6. The van der Waals surface area contributed by atoms with E-state index in [2.05, 4.69) is 24.8 Å². The number of hydrogen-bond donors (Lipinski definition) is 1. The van der Waals surface area contributed by atoms with Crippen LogP contribution in [0.5, 0.6) is 5.75 Å². The Balaban J connectivity index is 0.00000180. The van der Waals surface area contributed by atoms with Gasteiger partial charge in [-0.1, -0.05) is 19.9 Å². The first kappa shape index (κ1) is 16.5. The van der Waals surface area contributed by atoms with Gasteiger partial charge in [0.25, 0.3) is 0 Å². The summed E-state index contributed by atoms with van der Waals surface area (Å²) in [6, 6.07) is 6.52. The van der Waals surface area contributed by atoms with Gasteiger partial charge >= 0.3 is 0 Å². The maximum atomic E-state index is 9.61. The first-order chi connectivity index (χ1) is 8.74. The minimum Gasteiger partial charge on any atom is -1.00 e. The van der Waals surface area contributed by atoms with Crippen LogP contribution in [0, 0.1) is 0 Å². The molecule has 108 valence electrons. The van der Waals surface area contributed by atoms with Gasteiger partial charge < -0.3 is 27.0 Å². The van der Waals surface area contributed by atoms with E-state index in [4.69, 9.17) is 0 Å². The van der Waals surface area contributed by atoms with Crippen molar-refractivity contribution in [1.29, 1.82) is 0 Å². The van der Waals surface area contributed by atoms with Gasteiger partial charge in [-0.05, 0) is 68.5 Å². The van der Waals surface area contributed by atoms with Crippen LogP contribution < -0.4 is 17.0 Å². The van der Waals surface area contributed by atoms with E-state index in [0.717, 1.165) is 12.8 Å². The Kier molecular flexibility index (Phi) is 6.87. The minimum atomic E-state index is 0. The maximum Gasteiger partial charge on any atom is 0.115 e. The highest BCUT2D eigenvalue weighted by Gasteiger charge is 2.23. The maximum absolute atomic E-state index is 9.61. The number of rotatable bonds is 5. The molecule has 0 aromatic heterocycles. The summed E-state index contributed by atoms with van der Waals surface area (Å²) in [7, 11) is 0. The molecule has 1 aromatic rings. The molecule has 0 aliphatic heterocycles. The Morgan fingerprint density at radius 2 is 1.84 bits per heavy atom. The van der Waals surface area contributed by atoms with Crippen LogP contribution in [-0.4, -0.2) is 29.1 Å². The highest BCUT2D eigenvalue weighted by Crippen LogP contribution is 2.27. The quantitative estimate of drug-likeness (QED) is 0.845. The molecule has 0 saturated heterocycles. The third-order valence-corrected chi connectivity index (χ3v) is 3.93. The highest BCUT2D eigenvalue weighted by atomic mass is 79.9. The number of phenolic OH excluding ortho intramolecular Hbond substituents is 1. The van der Waals surface area contributed by atoms with Crippen LogP contribution in [0.25, 0.3) is 0 Å². The molecule has 2 nitrogen and oxygen atoms in total. The molecule has 19 heavy (non-hydrogen) atoms. The lowest BCUT2D eigenvalue weighted by Crippen LogP contribution is -3.00. The third kappa shape index (κ3) is 4.22. The first-order valence-corrected chi connectivity index (χ1v) is 7.29. The lowest BCUT2D eigenvalue weighted by Gasteiger charge is -2.35. The Morgan fingerprint density at radius 1 is 1.16 bits per heavy atom. The standard InChI is InChI=1S/C16H25NO.BrH/c1-3-9-17(10-4-2)15-7-5-13-6-8-16(18)12-14(13)11-15;/h6,8,12,15,18H,3-5,7,9-11H2,1-2H3;1H/p-1. The summed E-state index contributed by atoms with van der Waals surface area (Å²) in [4.78, 5) is 2.63. The van der Waals surface area contributed by atoms with Gasteiger partial charge in [0.2, 0.25) is 0 Å². The van der Waals surface area contributed by atoms with Crippen LogP contribution >= 0.6 is 0 Å². The van der Waals surface area contributed by atoms with Crippen molar-refractivity contribution in [3.05, 3.63) is 29.3 Å². The molecule has 1 N–H and O–H groups in total. The molecule has 0 fully saturated rings. The SMILES string of the molecule is CCCN(CCC)C1CCc2ccc(O)cc2C1.[Br-]. The number of hydrogen-bond acceptors (Lipinski definition) is 2. The number of phenols is 1. The van der Waals surface area contributed by atoms with Gasteiger partial charge in [-0.15, -0.1) is 0 Å². The van der Waals surface area contributed by atoms with E-state index in [1.807, 2.05) is 12.1 Å². The molecule has 1 atom stereocenters. The number of halogens is 1. The van der Waals surface area contributed by atoms with E-state index in [1.165, 1.54) is 43.5 Å². The number of aromatic hydroxyl groups is 1. The van der Waals surface area contributed by atoms with Crippen molar-refractivity contribution in [1.82, 2.24) is 4.90 Å². The van der Waals surface area contributed by atoms with Crippen LogP contribution in [0.4, 0.5) is 0 Å². The fraction of sp³-hybridized carbons (Fsp3) is 0.625. The van der Waals surface area contributed by atoms with E-state index < -0.39 is 0 Å². The van der Waals surface area contributed by atoms with Crippen molar-refractivity contribution in [2.45, 2.75) is 52.0 Å². The average Bonchev–Trinajstić information content (AvgIpc) is 2.37. The van der Waals surface area contributed by atoms with Gasteiger partial charge in [-0.2, -0.15) is 0 Å². The van der Waals surface area contributed by atoms with E-state index in [1.54, 1.807) is 0 Å². The van der Waals surface area contributed by atoms with Crippen molar-refractivity contribution in [2.75, 3.05) is 13.1 Å². The zero-order chi connectivity index (χ0) is 13.0. The second-order valence-electron chi connectivity index (χ2n) is 5.39. The zero-order valence-electron chi connectivity index (χ0n) is 12.0. The Hall–Kier alpha value is -0.540. The summed E-state index contributed by atoms with van der Waals surface area (Å²) in [5.74, 6) is 0.409. The summed E-state index contributed by atoms with van der Waals surface area (Å²) in [6.45, 7) is 6.91. The molecule has 3 heteroatoms. The lowest BCUT2D eigenvalue weighted by atomic mass is 9.87. The summed E-state index contributed by atoms with van der Waals surface area (Å²) < 4.78 is 0. The van der Waals surface area contributed by atoms with Crippen molar-refractivity contribution in [2.24, 2.45) is 0 Å². The largest absolute Gasteiger partial charge is 1.00 e. The van der Waals surface area contributed by atoms with Crippen molar-refractivity contribution < 1.29 is 22.1 Å². The molecule has 1 unspecified atom stereocenters. The molecule has 0 radical (unpaired) electrons. The molecule has 1 aliphatic rings. The fourth-order valence-corrected chi connectivity index (χ4v) is 3.09. The molecular formula is C16H25BrNO-. The van der Waals surface area contributed by atoms with Gasteiger partial charge in [0, 0.05) is 6.04 Å². The lowest BCUT2D eigenvalue weighted by molar-refractivity contribution is -0.00000499. The Bertz CT molecular complexity index is 388. The molecule has 0 amide bonds. The molecule has 0 heterocycles. The van der Waals surface area contributed by atoms with Gasteiger partial charge in [0.1, 0.15) is 5.75 Å². The number of benzene rings is 1. The van der Waals surface area contributed by atoms with Gasteiger partial charge in [-0.3, -0.25) is 0 Å². The predicted molar refractivity (Wildman–Crippen MR) is 76.1 cm³/mol. The molecule has 2 rings (SSSR count). The van der Waals surface area contributed by atoms with Crippen LogP contribution in [0.3, 0.4) is 0 Å². The number of nitrogens with zero attached hydrogens (tertiary/aromatic N) is 1. The monoisotopic (exact) mass is 326 g/mol. The summed E-state index contributed by atoms with van der Waals surface area (Å²) in [6.07, 6.45) is 5.97. The fourth-order valence-electron chi connectivity index (χ4n) is 3.09. The van der Waals surface area contributed by atoms with Crippen LogP contribution in [0.2, 0.25) is 0 Å². The van der Waals surface area contributed by atoms with Gasteiger partial charge in [-0.25, -0.2) is 0 Å². The summed E-state index contributed by atoms with van der Waals surface area (Å²) >= 11 is 0. The van der Waals surface area contributed by atoms with E-state index in [9.17, 15) is 5.11 Å². The molecule has 1 aliphatic carbocycles. The molecule has 1 aromatic carbocycles. The van der Waals surface area contributed by atoms with Crippen molar-refractivity contribution in [3.8, 4) is 5.75 Å².